The number of amides is 1. The van der Waals surface area contributed by atoms with Gasteiger partial charge in [0.15, 0.2) is 5.82 Å². The van der Waals surface area contributed by atoms with Crippen molar-refractivity contribution in [2.75, 3.05) is 19.0 Å². The predicted octanol–water partition coefficient (Wildman–Crippen LogP) is 2.54. The zero-order valence-corrected chi connectivity index (χ0v) is 14.9. The number of aromatic nitrogens is 3. The number of carbonyl (C=O) groups excluding carboxylic acids is 1. The van der Waals surface area contributed by atoms with Crippen LogP contribution in [0.25, 0.3) is 11.4 Å². The number of nitrogens with one attached hydrogen (secondary N) is 2. The zero-order chi connectivity index (χ0) is 19.9. The molecule has 0 unspecified atom stereocenters. The summed E-state index contributed by atoms with van der Waals surface area (Å²) in [6, 6.07) is 13.3. The summed E-state index contributed by atoms with van der Waals surface area (Å²) in [5.41, 5.74) is 1.29. The van der Waals surface area contributed by atoms with E-state index >= 15 is 0 Å². The smallest absolute Gasteiger partial charge is 0.270 e. The first-order valence-corrected chi connectivity index (χ1v) is 8.23. The average Bonchev–Trinajstić information content (AvgIpc) is 3.16. The SMILES string of the molecule is COc1cccc(COCC(=O)Nc2n[nH]c(-c3cccc([N+](=O)[O-])c3)n2)c1. The third-order valence-electron chi connectivity index (χ3n) is 3.70. The summed E-state index contributed by atoms with van der Waals surface area (Å²) in [5.74, 6) is 0.639. The fourth-order valence-corrected chi connectivity index (χ4v) is 2.40. The second-order valence-electron chi connectivity index (χ2n) is 5.71. The Bertz CT molecular complexity index is 988. The largest absolute Gasteiger partial charge is 0.497 e. The molecule has 2 N–H and O–H groups in total. The van der Waals surface area contributed by atoms with E-state index in [0.717, 1.165) is 5.56 Å². The molecule has 0 saturated carbocycles. The van der Waals surface area contributed by atoms with Crippen molar-refractivity contribution in [3.8, 4) is 17.1 Å². The molecule has 28 heavy (non-hydrogen) atoms. The first-order valence-electron chi connectivity index (χ1n) is 8.23. The highest BCUT2D eigenvalue weighted by atomic mass is 16.6. The summed E-state index contributed by atoms with van der Waals surface area (Å²) < 4.78 is 10.5. The second kappa shape index (κ2) is 8.73. The Labute approximate surface area is 159 Å². The van der Waals surface area contributed by atoms with Gasteiger partial charge in [-0.1, -0.05) is 24.3 Å². The Morgan fingerprint density at radius 1 is 1.25 bits per heavy atom. The molecule has 0 aliphatic heterocycles. The Balaban J connectivity index is 1.54. The van der Waals surface area contributed by atoms with Gasteiger partial charge in [0.2, 0.25) is 5.95 Å². The lowest BCUT2D eigenvalue weighted by Gasteiger charge is -2.05. The van der Waals surface area contributed by atoms with Crippen molar-refractivity contribution in [3.63, 3.8) is 0 Å². The molecule has 144 valence electrons. The van der Waals surface area contributed by atoms with E-state index in [1.165, 1.54) is 12.1 Å². The number of non-ortho nitro benzene ring substituents is 1. The molecule has 1 heterocycles. The van der Waals surface area contributed by atoms with Crippen molar-refractivity contribution in [2.24, 2.45) is 0 Å². The molecule has 0 aliphatic carbocycles. The summed E-state index contributed by atoms with van der Waals surface area (Å²) in [5, 5.41) is 19.9. The van der Waals surface area contributed by atoms with Crippen LogP contribution in [-0.2, 0) is 16.1 Å². The topological polar surface area (TPSA) is 132 Å². The number of carbonyl (C=O) groups is 1. The number of nitro benzene ring substituents is 1. The van der Waals surface area contributed by atoms with Gasteiger partial charge in [0.05, 0.1) is 18.6 Å². The summed E-state index contributed by atoms with van der Waals surface area (Å²) in [6.07, 6.45) is 0. The first kappa shape index (κ1) is 19.0. The third kappa shape index (κ3) is 4.89. The number of methoxy groups -OCH3 is 1. The maximum absolute atomic E-state index is 12.0. The molecule has 0 atom stereocenters. The van der Waals surface area contributed by atoms with E-state index in [1.54, 1.807) is 19.2 Å². The highest BCUT2D eigenvalue weighted by Crippen LogP contribution is 2.21. The molecular weight excluding hydrogens is 366 g/mol. The fourth-order valence-electron chi connectivity index (χ4n) is 2.40. The van der Waals surface area contributed by atoms with Crippen LogP contribution >= 0.6 is 0 Å². The van der Waals surface area contributed by atoms with Crippen LogP contribution in [0.1, 0.15) is 5.56 Å². The highest BCUT2D eigenvalue weighted by molar-refractivity contribution is 5.90. The minimum Gasteiger partial charge on any atom is -0.497 e. The van der Waals surface area contributed by atoms with Gasteiger partial charge >= 0.3 is 0 Å². The van der Waals surface area contributed by atoms with Crippen molar-refractivity contribution in [1.29, 1.82) is 0 Å². The number of H-pyrrole nitrogens is 1. The summed E-state index contributed by atoms with van der Waals surface area (Å²) in [7, 11) is 1.58. The van der Waals surface area contributed by atoms with Crippen LogP contribution in [0.2, 0.25) is 0 Å². The van der Waals surface area contributed by atoms with Crippen molar-refractivity contribution >= 4 is 17.5 Å². The average molecular weight is 383 g/mol. The number of rotatable bonds is 8. The number of nitrogens with zero attached hydrogens (tertiary/aromatic N) is 3. The van der Waals surface area contributed by atoms with Gasteiger partial charge in [0.25, 0.3) is 11.6 Å². The molecule has 0 bridgehead atoms. The van der Waals surface area contributed by atoms with E-state index in [-0.39, 0.29) is 24.8 Å². The summed E-state index contributed by atoms with van der Waals surface area (Å²) in [6.45, 7) is 0.0649. The zero-order valence-electron chi connectivity index (χ0n) is 14.9. The molecule has 10 heteroatoms. The van der Waals surface area contributed by atoms with E-state index in [1.807, 2.05) is 24.3 Å². The molecule has 2 aromatic carbocycles. The van der Waals surface area contributed by atoms with E-state index in [9.17, 15) is 14.9 Å². The Hall–Kier alpha value is -3.79. The van der Waals surface area contributed by atoms with E-state index in [4.69, 9.17) is 9.47 Å². The Morgan fingerprint density at radius 3 is 2.86 bits per heavy atom. The van der Waals surface area contributed by atoms with Crippen LogP contribution in [0.15, 0.2) is 48.5 Å². The number of hydrogen-bond donors (Lipinski definition) is 2. The predicted molar refractivity (Wildman–Crippen MR) is 99.8 cm³/mol. The van der Waals surface area contributed by atoms with Gasteiger partial charge in [-0.05, 0) is 17.7 Å². The van der Waals surface area contributed by atoms with E-state index in [0.29, 0.717) is 17.1 Å². The lowest BCUT2D eigenvalue weighted by Crippen LogP contribution is -2.19. The maximum Gasteiger partial charge on any atom is 0.270 e. The number of ether oxygens (including phenoxy) is 2. The Kier molecular flexibility index (Phi) is 5.92. The van der Waals surface area contributed by atoms with Crippen LogP contribution in [0.3, 0.4) is 0 Å². The molecule has 1 amide bonds. The molecule has 10 nitrogen and oxygen atoms in total. The van der Waals surface area contributed by atoms with E-state index < -0.39 is 10.8 Å². The van der Waals surface area contributed by atoms with Crippen LogP contribution in [0, 0.1) is 10.1 Å². The van der Waals surface area contributed by atoms with Gasteiger partial charge in [0, 0.05) is 17.7 Å². The molecule has 0 aliphatic rings. The molecule has 1 aromatic heterocycles. The number of hydrogen-bond acceptors (Lipinski definition) is 7. The van der Waals surface area contributed by atoms with Gasteiger partial charge in [0.1, 0.15) is 12.4 Å². The Morgan fingerprint density at radius 2 is 2.07 bits per heavy atom. The standard InChI is InChI=1S/C18H17N5O5/c1-27-15-7-2-4-12(8-15)10-28-11-16(24)19-18-20-17(21-22-18)13-5-3-6-14(9-13)23(25)26/h2-9H,10-11H2,1H3,(H2,19,20,21,22,24). The molecule has 3 rings (SSSR count). The number of anilines is 1. The van der Waals surface area contributed by atoms with Crippen molar-refractivity contribution in [3.05, 3.63) is 64.2 Å². The molecule has 0 spiro atoms. The van der Waals surface area contributed by atoms with Gasteiger partial charge in [-0.3, -0.25) is 25.3 Å². The van der Waals surface area contributed by atoms with Gasteiger partial charge in [-0.15, -0.1) is 5.10 Å². The van der Waals surface area contributed by atoms with Gasteiger partial charge in [-0.2, -0.15) is 4.98 Å². The van der Waals surface area contributed by atoms with Crippen LogP contribution in [-0.4, -0.2) is 39.7 Å². The molecule has 0 fully saturated rings. The minimum atomic E-state index is -0.498. The van der Waals surface area contributed by atoms with Gasteiger partial charge in [-0.25, -0.2) is 0 Å². The van der Waals surface area contributed by atoms with Crippen molar-refractivity contribution in [2.45, 2.75) is 6.61 Å². The summed E-state index contributed by atoms with van der Waals surface area (Å²) >= 11 is 0. The van der Waals surface area contributed by atoms with Crippen LogP contribution < -0.4 is 10.1 Å². The highest BCUT2D eigenvalue weighted by Gasteiger charge is 2.12. The summed E-state index contributed by atoms with van der Waals surface area (Å²) in [4.78, 5) is 26.4. The molecular formula is C18H17N5O5. The fraction of sp³-hybridized carbons (Fsp3) is 0.167. The number of aromatic amines is 1. The maximum atomic E-state index is 12.0. The van der Waals surface area contributed by atoms with Crippen LogP contribution in [0.5, 0.6) is 5.75 Å². The molecule has 0 saturated heterocycles. The molecule has 0 radical (unpaired) electrons. The normalized spacial score (nSPS) is 10.5. The number of nitro groups is 1. The lowest BCUT2D eigenvalue weighted by molar-refractivity contribution is -0.384. The first-order chi connectivity index (χ1) is 13.5. The van der Waals surface area contributed by atoms with Crippen molar-refractivity contribution < 1.29 is 19.2 Å². The monoisotopic (exact) mass is 383 g/mol. The quantitative estimate of drug-likeness (QED) is 0.451. The lowest BCUT2D eigenvalue weighted by atomic mass is 10.2. The van der Waals surface area contributed by atoms with Crippen LogP contribution in [0.4, 0.5) is 11.6 Å². The van der Waals surface area contributed by atoms with Gasteiger partial charge < -0.3 is 9.47 Å². The number of benzene rings is 2. The molecule has 3 aromatic rings. The minimum absolute atomic E-state index is 0.0523. The third-order valence-corrected chi connectivity index (χ3v) is 3.70. The van der Waals surface area contributed by atoms with E-state index in [2.05, 4.69) is 20.5 Å². The van der Waals surface area contributed by atoms with Crippen molar-refractivity contribution in [1.82, 2.24) is 15.2 Å². The second-order valence-corrected chi connectivity index (χ2v) is 5.71.